The highest BCUT2D eigenvalue weighted by molar-refractivity contribution is 5.85. The lowest BCUT2D eigenvalue weighted by atomic mass is 10.1. The van der Waals surface area contributed by atoms with Crippen molar-refractivity contribution in [1.82, 2.24) is 0 Å². The summed E-state index contributed by atoms with van der Waals surface area (Å²) in [7, 11) is 0. The molecule has 0 radical (unpaired) electrons. The molecule has 10 N–H and O–H groups in total. The fourth-order valence-electron chi connectivity index (χ4n) is 1.60. The second-order valence-electron chi connectivity index (χ2n) is 5.03. The van der Waals surface area contributed by atoms with Crippen molar-refractivity contribution in [3.05, 3.63) is 35.9 Å². The summed E-state index contributed by atoms with van der Waals surface area (Å²) in [5.74, 6) is -1.95. The van der Waals surface area contributed by atoms with Gasteiger partial charge in [0.05, 0.1) is 0 Å². The van der Waals surface area contributed by atoms with E-state index in [0.717, 1.165) is 5.56 Å². The van der Waals surface area contributed by atoms with Crippen molar-refractivity contribution in [3.8, 4) is 0 Å². The smallest absolute Gasteiger partial charge is 0.320 e. The molecule has 0 amide bonds. The van der Waals surface area contributed by atoms with Gasteiger partial charge in [-0.25, -0.2) is 0 Å². The molecule has 1 aromatic carbocycles. The van der Waals surface area contributed by atoms with Crippen LogP contribution < -0.4 is 22.9 Å². The van der Waals surface area contributed by atoms with E-state index in [1.807, 2.05) is 30.3 Å². The van der Waals surface area contributed by atoms with Crippen molar-refractivity contribution in [2.24, 2.45) is 27.9 Å². The number of nitrogens with zero attached hydrogens (tertiary/aromatic N) is 1. The number of aliphatic imine (C=N–C) groups is 1. The van der Waals surface area contributed by atoms with Crippen LogP contribution in [0, 0.1) is 0 Å². The monoisotopic (exact) mass is 375 g/mol. The van der Waals surface area contributed by atoms with Gasteiger partial charge in [0.25, 0.3) is 0 Å². The number of carboxylic acids is 2. The van der Waals surface area contributed by atoms with Gasteiger partial charge < -0.3 is 33.1 Å². The summed E-state index contributed by atoms with van der Waals surface area (Å²) < 4.78 is 0. The Balaban J connectivity index is 0. The summed E-state index contributed by atoms with van der Waals surface area (Å²) >= 11 is 0. The molecule has 9 nitrogen and oxygen atoms in total. The van der Waals surface area contributed by atoms with E-state index in [-0.39, 0.29) is 18.4 Å². The molecule has 0 heterocycles. The van der Waals surface area contributed by atoms with Gasteiger partial charge in [-0.3, -0.25) is 14.6 Å². The van der Waals surface area contributed by atoms with E-state index >= 15 is 0 Å². The molecule has 0 saturated carbocycles. The molecule has 0 aliphatic heterocycles. The van der Waals surface area contributed by atoms with Crippen molar-refractivity contribution in [2.75, 3.05) is 6.54 Å². The van der Waals surface area contributed by atoms with Crippen LogP contribution in [0.2, 0.25) is 0 Å². The van der Waals surface area contributed by atoms with Crippen molar-refractivity contribution in [1.29, 1.82) is 0 Å². The van der Waals surface area contributed by atoms with Crippen molar-refractivity contribution in [3.63, 3.8) is 0 Å². The molecule has 0 bridgehead atoms. The number of carboxylic acid groups (broad SMARTS) is 2. The molecule has 0 spiro atoms. The van der Waals surface area contributed by atoms with Crippen molar-refractivity contribution < 1.29 is 19.8 Å². The standard InChI is InChI=1S/C9H11NO2.C6H14N4O2.ClH/c10-8(9(11)12)6-7-4-2-1-3-5-7;7-4(5(11)12)2-1-3-10-6(8)9;/h1-5,8H,6,10H2,(H,11,12);4H,1-3,7H2,(H,11,12)(H4,8,9,10);1H/t8-;4-;/m00./s1. The maximum absolute atomic E-state index is 10.4. The zero-order valence-electron chi connectivity index (χ0n) is 13.7. The van der Waals surface area contributed by atoms with E-state index in [1.165, 1.54) is 0 Å². The number of nitrogens with two attached hydrogens (primary N) is 4. The summed E-state index contributed by atoms with van der Waals surface area (Å²) in [6.07, 6.45) is 1.34. The number of rotatable bonds is 8. The zero-order chi connectivity index (χ0) is 18.5. The predicted octanol–water partition coefficient (Wildman–Crippen LogP) is -0.485. The lowest BCUT2D eigenvalue weighted by molar-refractivity contribution is -0.139. The van der Waals surface area contributed by atoms with Gasteiger partial charge in [0.15, 0.2) is 5.96 Å². The first-order chi connectivity index (χ1) is 11.2. The van der Waals surface area contributed by atoms with Crippen LogP contribution in [0.1, 0.15) is 18.4 Å². The maximum atomic E-state index is 10.4. The van der Waals surface area contributed by atoms with E-state index in [9.17, 15) is 9.59 Å². The average Bonchev–Trinajstić information content (AvgIpc) is 2.52. The minimum absolute atomic E-state index is 0. The molecular weight excluding hydrogens is 350 g/mol. The Morgan fingerprint density at radius 3 is 1.96 bits per heavy atom. The van der Waals surface area contributed by atoms with Gasteiger partial charge in [0.1, 0.15) is 12.1 Å². The Labute approximate surface area is 152 Å². The Bertz CT molecular complexity index is 538. The van der Waals surface area contributed by atoms with Gasteiger partial charge in [0.2, 0.25) is 0 Å². The molecule has 0 aliphatic rings. The fraction of sp³-hybridized carbons (Fsp3) is 0.400. The van der Waals surface area contributed by atoms with E-state index < -0.39 is 24.0 Å². The van der Waals surface area contributed by atoms with Crippen molar-refractivity contribution in [2.45, 2.75) is 31.3 Å². The number of guanidine groups is 1. The zero-order valence-corrected chi connectivity index (χ0v) is 14.6. The Kier molecular flexibility index (Phi) is 14.0. The third kappa shape index (κ3) is 13.7. The third-order valence-corrected chi connectivity index (χ3v) is 2.90. The normalized spacial score (nSPS) is 11.8. The van der Waals surface area contributed by atoms with Gasteiger partial charge in [-0.15, -0.1) is 12.4 Å². The van der Waals surface area contributed by atoms with Gasteiger partial charge in [-0.2, -0.15) is 0 Å². The SMILES string of the molecule is Cl.NC(N)=NCCC[C@H](N)C(=O)O.N[C@@H](Cc1ccccc1)C(=O)O. The van der Waals surface area contributed by atoms with Gasteiger partial charge in [-0.05, 0) is 24.8 Å². The summed E-state index contributed by atoms with van der Waals surface area (Å²) in [6, 6.07) is 7.72. The third-order valence-electron chi connectivity index (χ3n) is 2.90. The van der Waals surface area contributed by atoms with Crippen LogP contribution in [0.5, 0.6) is 0 Å². The summed E-state index contributed by atoms with van der Waals surface area (Å²) in [6.45, 7) is 0.420. The highest BCUT2D eigenvalue weighted by atomic mass is 35.5. The van der Waals surface area contributed by atoms with Gasteiger partial charge in [0, 0.05) is 6.54 Å². The summed E-state index contributed by atoms with van der Waals surface area (Å²) in [5, 5.41) is 16.9. The second-order valence-corrected chi connectivity index (χ2v) is 5.03. The molecular formula is C15H26ClN5O4. The first-order valence-electron chi connectivity index (χ1n) is 7.30. The van der Waals surface area contributed by atoms with Gasteiger partial charge in [-0.1, -0.05) is 30.3 Å². The lowest BCUT2D eigenvalue weighted by Crippen LogP contribution is -2.32. The van der Waals surface area contributed by atoms with E-state index in [0.29, 0.717) is 25.8 Å². The molecule has 0 saturated heterocycles. The molecule has 10 heteroatoms. The number of benzene rings is 1. The number of hydrogen-bond donors (Lipinski definition) is 6. The van der Waals surface area contributed by atoms with Crippen LogP contribution in [0.25, 0.3) is 0 Å². The summed E-state index contributed by atoms with van der Waals surface area (Å²) in [4.78, 5) is 24.3. The van der Waals surface area contributed by atoms with Crippen LogP contribution in [-0.2, 0) is 16.0 Å². The Morgan fingerprint density at radius 1 is 1.00 bits per heavy atom. The van der Waals surface area contributed by atoms with Crippen molar-refractivity contribution >= 4 is 30.3 Å². The molecule has 1 aromatic rings. The molecule has 2 atom stereocenters. The summed E-state index contributed by atoms with van der Waals surface area (Å²) in [5.41, 5.74) is 21.6. The minimum Gasteiger partial charge on any atom is -0.480 e. The molecule has 1 rings (SSSR count). The lowest BCUT2D eigenvalue weighted by Gasteiger charge is -2.04. The fourth-order valence-corrected chi connectivity index (χ4v) is 1.60. The molecule has 0 fully saturated rings. The molecule has 0 unspecified atom stereocenters. The Hall–Kier alpha value is -2.36. The first kappa shape index (κ1) is 24.9. The maximum Gasteiger partial charge on any atom is 0.320 e. The van der Waals surface area contributed by atoms with Crippen LogP contribution >= 0.6 is 12.4 Å². The molecule has 0 aliphatic carbocycles. The molecule has 25 heavy (non-hydrogen) atoms. The van der Waals surface area contributed by atoms with Crippen LogP contribution in [0.15, 0.2) is 35.3 Å². The van der Waals surface area contributed by atoms with E-state index in [2.05, 4.69) is 4.99 Å². The number of carbonyl (C=O) groups is 2. The highest BCUT2D eigenvalue weighted by Crippen LogP contribution is 2.01. The number of aliphatic carboxylic acids is 2. The van der Waals surface area contributed by atoms with E-state index in [4.69, 9.17) is 33.1 Å². The average molecular weight is 376 g/mol. The minimum atomic E-state index is -1.00. The van der Waals surface area contributed by atoms with E-state index in [1.54, 1.807) is 0 Å². The largest absolute Gasteiger partial charge is 0.480 e. The van der Waals surface area contributed by atoms with Crippen LogP contribution in [-0.4, -0.2) is 46.7 Å². The quantitative estimate of drug-likeness (QED) is 0.199. The van der Waals surface area contributed by atoms with Gasteiger partial charge >= 0.3 is 11.9 Å². The van der Waals surface area contributed by atoms with Crippen LogP contribution in [0.3, 0.4) is 0 Å². The molecule has 0 aromatic heterocycles. The number of halogens is 1. The second kappa shape index (κ2) is 14.0. The predicted molar refractivity (Wildman–Crippen MR) is 98.5 cm³/mol. The highest BCUT2D eigenvalue weighted by Gasteiger charge is 2.11. The number of hydrogen-bond acceptors (Lipinski definition) is 5. The Morgan fingerprint density at radius 2 is 1.52 bits per heavy atom. The van der Waals surface area contributed by atoms with Crippen LogP contribution in [0.4, 0.5) is 0 Å². The molecule has 142 valence electrons. The topological polar surface area (TPSA) is 191 Å². The first-order valence-corrected chi connectivity index (χ1v) is 7.30.